The Morgan fingerprint density at radius 3 is 2.90 bits per heavy atom. The van der Waals surface area contributed by atoms with Gasteiger partial charge in [-0.2, -0.15) is 0 Å². The van der Waals surface area contributed by atoms with E-state index in [1.165, 1.54) is 36.4 Å². The van der Waals surface area contributed by atoms with Crippen LogP contribution in [0.4, 0.5) is 0 Å². The van der Waals surface area contributed by atoms with E-state index in [9.17, 15) is 0 Å². The van der Waals surface area contributed by atoms with Gasteiger partial charge in [-0.15, -0.1) is 11.8 Å². The van der Waals surface area contributed by atoms with Crippen LogP contribution in [0.2, 0.25) is 0 Å². The number of allylic oxidation sites excluding steroid dienone is 1. The number of thioether (sulfide) groups is 1. The van der Waals surface area contributed by atoms with Gasteiger partial charge < -0.3 is 15.4 Å². The molecule has 1 atom stereocenters. The van der Waals surface area contributed by atoms with Crippen LogP contribution in [0.1, 0.15) is 31.7 Å². The van der Waals surface area contributed by atoms with Gasteiger partial charge in [0.2, 0.25) is 0 Å². The molecule has 1 unspecified atom stereocenters. The second-order valence-corrected chi connectivity index (χ2v) is 6.49. The molecule has 4 rings (SSSR count). The molecule has 0 spiro atoms. The maximum atomic E-state index is 5.51. The van der Waals surface area contributed by atoms with E-state index in [4.69, 9.17) is 4.74 Å². The molecule has 0 saturated carbocycles. The summed E-state index contributed by atoms with van der Waals surface area (Å²) < 4.78 is 5.51. The van der Waals surface area contributed by atoms with Gasteiger partial charge in [0.25, 0.3) is 0 Å². The molecule has 0 bridgehead atoms. The molecule has 3 aliphatic heterocycles. The Bertz CT molecular complexity index is 547. The Labute approximate surface area is 130 Å². The second kappa shape index (κ2) is 7.05. The fourth-order valence-electron chi connectivity index (χ4n) is 2.68. The lowest BCUT2D eigenvalue weighted by Crippen LogP contribution is -2.30. The average Bonchev–Trinajstić information content (AvgIpc) is 2.91. The van der Waals surface area contributed by atoms with Crippen molar-refractivity contribution in [1.82, 2.24) is 10.6 Å². The van der Waals surface area contributed by atoms with Crippen molar-refractivity contribution >= 4 is 17.5 Å². The SMILES string of the molecule is C1=CC2=C(NCS2)c2ccccc2O1.CC1CCCCN1. The topological polar surface area (TPSA) is 33.3 Å². The Balaban J connectivity index is 0.000000160. The van der Waals surface area contributed by atoms with Crippen LogP contribution in [0, 0.1) is 0 Å². The van der Waals surface area contributed by atoms with E-state index in [0.29, 0.717) is 0 Å². The summed E-state index contributed by atoms with van der Waals surface area (Å²) in [6.07, 6.45) is 7.94. The number of fused-ring (bicyclic) bond motifs is 2. The summed E-state index contributed by atoms with van der Waals surface area (Å²) in [5.74, 6) is 1.87. The molecule has 0 aromatic heterocycles. The molecule has 1 fully saturated rings. The van der Waals surface area contributed by atoms with Crippen LogP contribution in [-0.4, -0.2) is 18.5 Å². The van der Waals surface area contributed by atoms with Crippen molar-refractivity contribution in [3.63, 3.8) is 0 Å². The normalized spacial score (nSPS) is 23.0. The fourth-order valence-corrected chi connectivity index (χ4v) is 3.53. The van der Waals surface area contributed by atoms with Crippen molar-refractivity contribution < 1.29 is 4.74 Å². The van der Waals surface area contributed by atoms with Gasteiger partial charge >= 0.3 is 0 Å². The smallest absolute Gasteiger partial charge is 0.135 e. The van der Waals surface area contributed by atoms with Crippen LogP contribution >= 0.6 is 11.8 Å². The largest absolute Gasteiger partial charge is 0.464 e. The first-order chi connectivity index (χ1) is 10.3. The molecule has 0 amide bonds. The van der Waals surface area contributed by atoms with Gasteiger partial charge in [-0.1, -0.05) is 18.6 Å². The Kier molecular flexibility index (Phi) is 4.88. The van der Waals surface area contributed by atoms with Crippen molar-refractivity contribution in [2.24, 2.45) is 0 Å². The van der Waals surface area contributed by atoms with Crippen LogP contribution < -0.4 is 15.4 Å². The van der Waals surface area contributed by atoms with Crippen LogP contribution in [-0.2, 0) is 0 Å². The average molecular weight is 302 g/mol. The first-order valence-corrected chi connectivity index (χ1v) is 8.60. The Morgan fingerprint density at radius 2 is 2.14 bits per heavy atom. The van der Waals surface area contributed by atoms with Crippen molar-refractivity contribution in [3.05, 3.63) is 47.1 Å². The number of benzene rings is 1. The predicted octanol–water partition coefficient (Wildman–Crippen LogP) is 3.70. The quantitative estimate of drug-likeness (QED) is 0.765. The maximum absolute atomic E-state index is 5.51. The molecule has 2 N–H and O–H groups in total. The van der Waals surface area contributed by atoms with Crippen molar-refractivity contribution in [1.29, 1.82) is 0 Å². The van der Waals surface area contributed by atoms with E-state index >= 15 is 0 Å². The first kappa shape index (κ1) is 14.5. The van der Waals surface area contributed by atoms with E-state index in [0.717, 1.165) is 23.2 Å². The summed E-state index contributed by atoms with van der Waals surface area (Å²) in [4.78, 5) is 1.26. The van der Waals surface area contributed by atoms with Crippen molar-refractivity contribution in [2.75, 3.05) is 12.4 Å². The minimum atomic E-state index is 0.786. The lowest BCUT2D eigenvalue weighted by molar-refractivity contribution is 0.425. The van der Waals surface area contributed by atoms with E-state index in [1.54, 1.807) is 18.0 Å². The van der Waals surface area contributed by atoms with Gasteiger partial charge in [0.05, 0.1) is 17.8 Å². The van der Waals surface area contributed by atoms with E-state index in [1.807, 2.05) is 24.3 Å². The number of para-hydroxylation sites is 1. The predicted molar refractivity (Wildman–Crippen MR) is 90.0 cm³/mol. The third kappa shape index (κ3) is 3.63. The van der Waals surface area contributed by atoms with Crippen LogP contribution in [0.5, 0.6) is 5.75 Å². The third-order valence-electron chi connectivity index (χ3n) is 3.85. The standard InChI is InChI=1S/C11H9NOS.C6H13N/c1-2-4-9-8(3-1)11-10(5-6-13-9)14-7-12-11;1-6-4-2-3-5-7-6/h1-6,12H,7H2;6-7H,2-5H2,1H3. The van der Waals surface area contributed by atoms with Gasteiger partial charge in [-0.25, -0.2) is 0 Å². The monoisotopic (exact) mass is 302 g/mol. The minimum absolute atomic E-state index is 0.786. The molecule has 3 nitrogen and oxygen atoms in total. The number of ether oxygens (including phenoxy) is 1. The molecule has 3 aliphatic rings. The summed E-state index contributed by atoms with van der Waals surface area (Å²) >= 11 is 1.80. The second-order valence-electron chi connectivity index (χ2n) is 5.47. The highest BCUT2D eigenvalue weighted by atomic mass is 32.2. The lowest BCUT2D eigenvalue weighted by Gasteiger charge is -2.18. The zero-order valence-corrected chi connectivity index (χ0v) is 13.2. The molecule has 0 radical (unpaired) electrons. The summed E-state index contributed by atoms with van der Waals surface area (Å²) in [6, 6.07) is 8.87. The molecular formula is C17H22N2OS. The number of nitrogens with one attached hydrogen (secondary N) is 2. The lowest BCUT2D eigenvalue weighted by atomic mass is 10.1. The molecule has 0 aliphatic carbocycles. The molecular weight excluding hydrogens is 280 g/mol. The van der Waals surface area contributed by atoms with E-state index in [2.05, 4.69) is 23.6 Å². The zero-order chi connectivity index (χ0) is 14.5. The van der Waals surface area contributed by atoms with E-state index < -0.39 is 0 Å². The highest BCUT2D eigenvalue weighted by molar-refractivity contribution is 8.03. The molecule has 1 saturated heterocycles. The summed E-state index contributed by atoms with van der Waals surface area (Å²) in [7, 11) is 0. The molecule has 3 heterocycles. The Morgan fingerprint density at radius 1 is 1.24 bits per heavy atom. The fraction of sp³-hybridized carbons (Fsp3) is 0.412. The van der Waals surface area contributed by atoms with Crippen molar-refractivity contribution in [2.45, 2.75) is 32.2 Å². The van der Waals surface area contributed by atoms with Crippen LogP contribution in [0.25, 0.3) is 5.70 Å². The minimum Gasteiger partial charge on any atom is -0.464 e. The summed E-state index contributed by atoms with van der Waals surface area (Å²) in [6.45, 7) is 3.49. The maximum Gasteiger partial charge on any atom is 0.135 e. The number of hydrogen-bond acceptors (Lipinski definition) is 4. The third-order valence-corrected chi connectivity index (χ3v) is 4.79. The molecule has 1 aromatic carbocycles. The van der Waals surface area contributed by atoms with Gasteiger partial charge in [0, 0.05) is 16.5 Å². The van der Waals surface area contributed by atoms with Crippen LogP contribution in [0.3, 0.4) is 0 Å². The van der Waals surface area contributed by atoms with Crippen molar-refractivity contribution in [3.8, 4) is 5.75 Å². The highest BCUT2D eigenvalue weighted by Crippen LogP contribution is 2.37. The molecule has 4 heteroatoms. The number of hydrogen-bond donors (Lipinski definition) is 2. The van der Waals surface area contributed by atoms with Gasteiger partial charge in [-0.05, 0) is 44.5 Å². The van der Waals surface area contributed by atoms with Crippen LogP contribution in [0.15, 0.2) is 41.5 Å². The van der Waals surface area contributed by atoms with E-state index in [-0.39, 0.29) is 0 Å². The molecule has 112 valence electrons. The first-order valence-electron chi connectivity index (χ1n) is 7.61. The molecule has 21 heavy (non-hydrogen) atoms. The zero-order valence-electron chi connectivity index (χ0n) is 12.4. The van der Waals surface area contributed by atoms with Gasteiger partial charge in [0.1, 0.15) is 5.75 Å². The van der Waals surface area contributed by atoms with Gasteiger partial charge in [0.15, 0.2) is 0 Å². The molecule has 1 aromatic rings. The Hall–Kier alpha value is -1.39. The number of piperidine rings is 1. The summed E-state index contributed by atoms with van der Waals surface area (Å²) in [5.41, 5.74) is 2.34. The highest BCUT2D eigenvalue weighted by Gasteiger charge is 2.19. The summed E-state index contributed by atoms with van der Waals surface area (Å²) in [5, 5.41) is 6.75. The van der Waals surface area contributed by atoms with Gasteiger partial charge in [-0.3, -0.25) is 0 Å². The number of rotatable bonds is 0.